The van der Waals surface area contributed by atoms with Crippen LogP contribution in [0.1, 0.15) is 36.0 Å². The Morgan fingerprint density at radius 1 is 1.00 bits per heavy atom. The van der Waals surface area contributed by atoms with Gasteiger partial charge in [0.05, 0.1) is 5.69 Å². The first-order valence-corrected chi connectivity index (χ1v) is 12.5. The fourth-order valence-corrected chi connectivity index (χ4v) is 4.70. The zero-order valence-corrected chi connectivity index (χ0v) is 22.5. The molecule has 4 aromatic rings. The number of aromatic nitrogens is 2. The van der Waals surface area contributed by atoms with E-state index in [1.807, 2.05) is 47.0 Å². The van der Waals surface area contributed by atoms with Crippen LogP contribution in [-0.4, -0.2) is 41.8 Å². The van der Waals surface area contributed by atoms with Crippen molar-refractivity contribution in [2.24, 2.45) is 5.73 Å². The van der Waals surface area contributed by atoms with Gasteiger partial charge in [0, 0.05) is 41.8 Å². The number of Topliss-reactive ketones (excluding diaryl/α,β-unsaturated/α-hetero) is 1. The number of nitrogens with two attached hydrogens (primary N) is 1. The van der Waals surface area contributed by atoms with Crippen LogP contribution in [0.4, 0.5) is 27.9 Å². The maximum absolute atomic E-state index is 13.3. The molecule has 196 valence electrons. The summed E-state index contributed by atoms with van der Waals surface area (Å²) in [5, 5.41) is 7.31. The standard InChI is InChI=1S/C27H28N6O4S/c1-27(2,3)20-14-19(24(38-20)37-25(28)36)31-23(35)22(34)17-10-11-18(16-9-7-6-8-15(16)17)30-21-12-13-29-26(32-21)33(4)5/h6-14H,1-5H3,(H2,28,36)(H,31,35)(H,29,30,32). The monoisotopic (exact) mass is 532 g/mol. The van der Waals surface area contributed by atoms with E-state index in [9.17, 15) is 14.4 Å². The number of rotatable bonds is 7. The molecule has 0 aliphatic heterocycles. The van der Waals surface area contributed by atoms with E-state index in [1.165, 1.54) is 11.3 Å². The number of ether oxygens (including phenoxy) is 1. The lowest BCUT2D eigenvalue weighted by Gasteiger charge is -2.15. The van der Waals surface area contributed by atoms with E-state index in [0.717, 1.165) is 10.3 Å². The molecule has 2 amide bonds. The van der Waals surface area contributed by atoms with Gasteiger partial charge in [0.1, 0.15) is 5.82 Å². The van der Waals surface area contributed by atoms with Crippen molar-refractivity contribution in [3.8, 4) is 5.06 Å². The third kappa shape index (κ3) is 5.73. The van der Waals surface area contributed by atoms with Crippen molar-refractivity contribution in [1.29, 1.82) is 0 Å². The zero-order valence-electron chi connectivity index (χ0n) is 21.7. The second-order valence-electron chi connectivity index (χ2n) is 9.73. The van der Waals surface area contributed by atoms with Crippen LogP contribution in [0.15, 0.2) is 54.7 Å². The Labute approximate surface area is 223 Å². The minimum absolute atomic E-state index is 0.120. The summed E-state index contributed by atoms with van der Waals surface area (Å²) < 4.78 is 5.08. The molecular formula is C27H28N6O4S. The Balaban J connectivity index is 1.64. The predicted octanol–water partition coefficient (Wildman–Crippen LogP) is 5.08. The number of anilines is 4. The van der Waals surface area contributed by atoms with Crippen LogP contribution >= 0.6 is 11.3 Å². The van der Waals surface area contributed by atoms with Gasteiger partial charge in [0.25, 0.3) is 11.7 Å². The number of hydrogen-bond donors (Lipinski definition) is 3. The summed E-state index contributed by atoms with van der Waals surface area (Å²) in [6.45, 7) is 5.94. The lowest BCUT2D eigenvalue weighted by molar-refractivity contribution is -0.112. The molecule has 0 aliphatic rings. The van der Waals surface area contributed by atoms with E-state index in [2.05, 4.69) is 20.6 Å². The van der Waals surface area contributed by atoms with Crippen molar-refractivity contribution in [2.45, 2.75) is 26.2 Å². The molecule has 0 radical (unpaired) electrons. The highest BCUT2D eigenvalue weighted by Gasteiger charge is 2.26. The third-order valence-corrected chi connectivity index (χ3v) is 7.00. The predicted molar refractivity (Wildman–Crippen MR) is 150 cm³/mol. The van der Waals surface area contributed by atoms with Crippen LogP contribution in [-0.2, 0) is 10.2 Å². The van der Waals surface area contributed by atoms with Crippen molar-refractivity contribution >= 4 is 63.0 Å². The van der Waals surface area contributed by atoms with Crippen LogP contribution in [0.5, 0.6) is 5.06 Å². The molecule has 0 atom stereocenters. The number of benzene rings is 2. The highest BCUT2D eigenvalue weighted by Crippen LogP contribution is 2.41. The Kier molecular flexibility index (Phi) is 7.31. The van der Waals surface area contributed by atoms with Crippen molar-refractivity contribution in [3.63, 3.8) is 0 Å². The topological polar surface area (TPSA) is 140 Å². The van der Waals surface area contributed by atoms with Crippen molar-refractivity contribution < 1.29 is 19.1 Å². The van der Waals surface area contributed by atoms with Crippen LogP contribution < -0.4 is 26.0 Å². The van der Waals surface area contributed by atoms with Crippen molar-refractivity contribution in [2.75, 3.05) is 29.6 Å². The molecule has 0 aliphatic carbocycles. The lowest BCUT2D eigenvalue weighted by Crippen LogP contribution is -2.24. The number of carbonyl (C=O) groups is 3. The third-order valence-electron chi connectivity index (χ3n) is 5.56. The van der Waals surface area contributed by atoms with E-state index in [-0.39, 0.29) is 21.7 Å². The highest BCUT2D eigenvalue weighted by atomic mass is 32.1. The maximum atomic E-state index is 13.3. The number of amides is 2. The van der Waals surface area contributed by atoms with E-state index in [0.29, 0.717) is 22.8 Å². The molecule has 10 nitrogen and oxygen atoms in total. The molecule has 38 heavy (non-hydrogen) atoms. The van der Waals surface area contributed by atoms with Gasteiger partial charge < -0.3 is 26.0 Å². The average Bonchev–Trinajstić information content (AvgIpc) is 3.26. The van der Waals surface area contributed by atoms with Crippen molar-refractivity contribution in [1.82, 2.24) is 9.97 Å². The first-order valence-electron chi connectivity index (χ1n) is 11.7. The number of nitrogens with one attached hydrogen (secondary N) is 2. The first kappa shape index (κ1) is 26.6. The number of fused-ring (bicyclic) bond motifs is 1. The highest BCUT2D eigenvalue weighted by molar-refractivity contribution is 7.14. The van der Waals surface area contributed by atoms with Gasteiger partial charge in [-0.3, -0.25) is 9.59 Å². The van der Waals surface area contributed by atoms with E-state index >= 15 is 0 Å². The summed E-state index contributed by atoms with van der Waals surface area (Å²) in [7, 11) is 3.70. The van der Waals surface area contributed by atoms with Gasteiger partial charge in [-0.15, -0.1) is 11.3 Å². The van der Waals surface area contributed by atoms with Crippen LogP contribution in [0.25, 0.3) is 10.8 Å². The summed E-state index contributed by atoms with van der Waals surface area (Å²) in [4.78, 5) is 49.1. The SMILES string of the molecule is CN(C)c1nccc(Nc2ccc(C(=O)C(=O)Nc3cc(C(C)(C)C)sc3OC(N)=O)c3ccccc23)n1. The Hall–Kier alpha value is -4.51. The van der Waals surface area contributed by atoms with Gasteiger partial charge in [-0.1, -0.05) is 45.0 Å². The van der Waals surface area contributed by atoms with E-state index < -0.39 is 17.8 Å². The van der Waals surface area contributed by atoms with Gasteiger partial charge in [0.15, 0.2) is 0 Å². The van der Waals surface area contributed by atoms with Crippen LogP contribution in [0.3, 0.4) is 0 Å². The molecule has 2 aromatic heterocycles. The number of hydrogen-bond acceptors (Lipinski definition) is 9. The number of ketones is 1. The minimum atomic E-state index is -1.01. The molecule has 2 aromatic carbocycles. The van der Waals surface area contributed by atoms with Gasteiger partial charge in [-0.2, -0.15) is 4.98 Å². The van der Waals surface area contributed by atoms with Gasteiger partial charge in [-0.25, -0.2) is 9.78 Å². The fourth-order valence-electron chi connectivity index (χ4n) is 3.68. The zero-order chi connectivity index (χ0) is 27.6. The fraction of sp³-hybridized carbons (Fsp3) is 0.222. The second-order valence-corrected chi connectivity index (χ2v) is 10.7. The quantitative estimate of drug-likeness (QED) is 0.221. The van der Waals surface area contributed by atoms with Gasteiger partial charge in [-0.05, 0) is 35.1 Å². The van der Waals surface area contributed by atoms with Gasteiger partial charge >= 0.3 is 6.09 Å². The molecule has 0 saturated heterocycles. The summed E-state index contributed by atoms with van der Waals surface area (Å²) >= 11 is 1.18. The summed E-state index contributed by atoms with van der Waals surface area (Å²) in [5.74, 6) is -0.474. The van der Waals surface area contributed by atoms with Gasteiger partial charge in [0.2, 0.25) is 11.0 Å². The Morgan fingerprint density at radius 2 is 1.71 bits per heavy atom. The molecule has 11 heteroatoms. The number of nitrogens with zero attached hydrogens (tertiary/aromatic N) is 3. The lowest BCUT2D eigenvalue weighted by atomic mass is 9.95. The first-order chi connectivity index (χ1) is 17.9. The van der Waals surface area contributed by atoms with E-state index in [1.54, 1.807) is 47.5 Å². The molecule has 0 bridgehead atoms. The molecule has 4 N–H and O–H groups in total. The molecule has 0 spiro atoms. The van der Waals surface area contributed by atoms with Crippen LogP contribution in [0, 0.1) is 0 Å². The Morgan fingerprint density at radius 3 is 2.37 bits per heavy atom. The molecule has 0 fully saturated rings. The summed E-state index contributed by atoms with van der Waals surface area (Å²) in [5.41, 5.74) is 6.07. The molecule has 0 saturated carbocycles. The Bertz CT molecular complexity index is 1540. The minimum Gasteiger partial charge on any atom is -0.397 e. The van der Waals surface area contributed by atoms with Crippen molar-refractivity contribution in [3.05, 3.63) is 65.2 Å². The normalized spacial score (nSPS) is 11.2. The molecular weight excluding hydrogens is 504 g/mol. The average molecular weight is 533 g/mol. The van der Waals surface area contributed by atoms with E-state index in [4.69, 9.17) is 10.5 Å². The molecule has 4 rings (SSSR count). The molecule has 0 unspecified atom stereocenters. The number of carbonyl (C=O) groups excluding carboxylic acids is 3. The largest absolute Gasteiger partial charge is 0.410 e. The summed E-state index contributed by atoms with van der Waals surface area (Å²) in [6.07, 6.45) is 0.644. The summed E-state index contributed by atoms with van der Waals surface area (Å²) in [6, 6.07) is 14.0. The number of primary amides is 1. The number of thiophene rings is 1. The maximum Gasteiger partial charge on any atom is 0.410 e. The smallest absolute Gasteiger partial charge is 0.397 e. The molecule has 2 heterocycles. The second kappa shape index (κ2) is 10.5. The van der Waals surface area contributed by atoms with Crippen LogP contribution in [0.2, 0.25) is 0 Å².